The molecule has 2 aromatic carbocycles. The zero-order valence-electron chi connectivity index (χ0n) is 15.7. The maximum atomic E-state index is 12.3. The molecule has 0 unspecified atom stereocenters. The van der Waals surface area contributed by atoms with Crippen molar-refractivity contribution in [3.63, 3.8) is 0 Å². The van der Waals surface area contributed by atoms with Crippen molar-refractivity contribution in [2.45, 2.75) is 19.9 Å². The van der Waals surface area contributed by atoms with Gasteiger partial charge < -0.3 is 16.4 Å². The van der Waals surface area contributed by atoms with E-state index in [0.717, 1.165) is 16.8 Å². The third kappa shape index (κ3) is 4.80. The number of nitrogens with zero attached hydrogens (tertiary/aromatic N) is 1. The zero-order valence-corrected chi connectivity index (χ0v) is 16.5. The number of primary amides is 1. The van der Waals surface area contributed by atoms with Gasteiger partial charge in [-0.1, -0.05) is 54.2 Å². The maximum Gasteiger partial charge on any atom is 0.248 e. The summed E-state index contributed by atoms with van der Waals surface area (Å²) in [6, 6.07) is 16.6. The predicted octanol–water partition coefficient (Wildman–Crippen LogP) is 3.13. The third-order valence-corrected chi connectivity index (χ3v) is 5.13. The fraction of sp³-hybridized carbons (Fsp3) is 0.190. The van der Waals surface area contributed by atoms with Crippen molar-refractivity contribution >= 4 is 34.4 Å². The summed E-state index contributed by atoms with van der Waals surface area (Å²) in [5.41, 5.74) is 9.37. The van der Waals surface area contributed by atoms with E-state index in [-0.39, 0.29) is 11.7 Å². The van der Waals surface area contributed by atoms with Gasteiger partial charge in [0.05, 0.1) is 11.3 Å². The van der Waals surface area contributed by atoms with Crippen molar-refractivity contribution in [2.24, 2.45) is 10.7 Å². The van der Waals surface area contributed by atoms with Gasteiger partial charge in [-0.25, -0.2) is 4.99 Å². The molecule has 0 radical (unpaired) electrons. The summed E-state index contributed by atoms with van der Waals surface area (Å²) in [4.78, 5) is 28.8. The number of amides is 2. The van der Waals surface area contributed by atoms with E-state index in [1.807, 2.05) is 61.5 Å². The van der Waals surface area contributed by atoms with E-state index in [1.54, 1.807) is 6.92 Å². The number of hydrogen-bond donors (Lipinski definition) is 3. The number of hydrogen-bond acceptors (Lipinski definition) is 5. The first-order valence-corrected chi connectivity index (χ1v) is 9.82. The molecule has 6 nitrogen and oxygen atoms in total. The molecule has 0 bridgehead atoms. The van der Waals surface area contributed by atoms with E-state index in [2.05, 4.69) is 15.6 Å². The molecular formula is C21H22N4O2S. The Labute approximate surface area is 168 Å². The first kappa shape index (κ1) is 19.7. The molecule has 2 aromatic rings. The van der Waals surface area contributed by atoms with E-state index < -0.39 is 11.9 Å². The molecule has 0 spiro atoms. The first-order chi connectivity index (χ1) is 13.4. The molecule has 0 aliphatic carbocycles. The highest BCUT2D eigenvalue weighted by molar-refractivity contribution is 8.14. The molecule has 4 N–H and O–H groups in total. The van der Waals surface area contributed by atoms with Crippen molar-refractivity contribution in [3.8, 4) is 0 Å². The van der Waals surface area contributed by atoms with Crippen LogP contribution in [0, 0.1) is 6.92 Å². The Hall–Kier alpha value is -3.06. The molecule has 1 aliphatic heterocycles. The van der Waals surface area contributed by atoms with Crippen molar-refractivity contribution in [1.82, 2.24) is 5.32 Å². The Kier molecular flexibility index (Phi) is 6.16. The minimum atomic E-state index is -0.510. The second-order valence-electron chi connectivity index (χ2n) is 6.48. The number of nitrogens with one attached hydrogen (secondary N) is 2. The number of rotatable bonds is 5. The number of thioether (sulfide) groups is 1. The molecule has 2 amide bonds. The molecule has 0 aromatic heterocycles. The molecule has 3 rings (SSSR count). The number of allylic oxidation sites excluding steroid dienone is 1. The van der Waals surface area contributed by atoms with Gasteiger partial charge in [-0.15, -0.1) is 0 Å². The molecule has 1 atom stereocenters. The largest absolute Gasteiger partial charge is 0.366 e. The van der Waals surface area contributed by atoms with Gasteiger partial charge in [0.25, 0.3) is 0 Å². The zero-order chi connectivity index (χ0) is 20.1. The molecule has 0 saturated heterocycles. The molecule has 144 valence electrons. The fourth-order valence-corrected chi connectivity index (χ4v) is 3.72. The maximum absolute atomic E-state index is 12.3. The molecule has 0 fully saturated rings. The normalized spacial score (nSPS) is 16.2. The number of anilines is 1. The Balaban J connectivity index is 1.71. The van der Waals surface area contributed by atoms with Gasteiger partial charge in [-0.05, 0) is 37.1 Å². The van der Waals surface area contributed by atoms with E-state index >= 15 is 0 Å². The number of aliphatic imine (C=N–C) groups is 1. The highest BCUT2D eigenvalue weighted by Crippen LogP contribution is 2.31. The smallest absolute Gasteiger partial charge is 0.248 e. The summed E-state index contributed by atoms with van der Waals surface area (Å²) in [6.45, 7) is 3.76. The molecule has 1 aliphatic rings. The Morgan fingerprint density at radius 1 is 1.14 bits per heavy atom. The third-order valence-electron chi connectivity index (χ3n) is 4.24. The molecule has 28 heavy (non-hydrogen) atoms. The van der Waals surface area contributed by atoms with Crippen molar-refractivity contribution in [2.75, 3.05) is 11.1 Å². The number of carbonyl (C=O) groups excluding carboxylic acids is 2. The average molecular weight is 395 g/mol. The summed E-state index contributed by atoms with van der Waals surface area (Å²) >= 11 is 1.29. The lowest BCUT2D eigenvalue weighted by Crippen LogP contribution is -2.33. The Morgan fingerprint density at radius 3 is 2.57 bits per heavy atom. The predicted molar refractivity (Wildman–Crippen MR) is 114 cm³/mol. The average Bonchev–Trinajstić information content (AvgIpc) is 2.66. The Morgan fingerprint density at radius 2 is 1.89 bits per heavy atom. The van der Waals surface area contributed by atoms with Gasteiger partial charge in [0, 0.05) is 11.4 Å². The first-order valence-electron chi connectivity index (χ1n) is 8.83. The summed E-state index contributed by atoms with van der Waals surface area (Å²) in [5.74, 6) is -0.442. The topological polar surface area (TPSA) is 96.6 Å². The summed E-state index contributed by atoms with van der Waals surface area (Å²) in [5, 5.41) is 6.54. The second kappa shape index (κ2) is 8.75. The lowest BCUT2D eigenvalue weighted by Gasteiger charge is -2.25. The summed E-state index contributed by atoms with van der Waals surface area (Å²) < 4.78 is 0. The van der Waals surface area contributed by atoms with Crippen molar-refractivity contribution in [1.29, 1.82) is 0 Å². The van der Waals surface area contributed by atoms with E-state index in [9.17, 15) is 9.59 Å². The van der Waals surface area contributed by atoms with E-state index in [1.165, 1.54) is 11.8 Å². The van der Waals surface area contributed by atoms with Gasteiger partial charge in [0.15, 0.2) is 5.17 Å². The lowest BCUT2D eigenvalue weighted by molar-refractivity contribution is -0.115. The van der Waals surface area contributed by atoms with Gasteiger partial charge in [-0.3, -0.25) is 9.59 Å². The van der Waals surface area contributed by atoms with Crippen LogP contribution in [0.2, 0.25) is 0 Å². The van der Waals surface area contributed by atoms with Crippen molar-refractivity contribution in [3.05, 3.63) is 77.0 Å². The van der Waals surface area contributed by atoms with Crippen LogP contribution in [0.5, 0.6) is 0 Å². The number of nitrogens with two attached hydrogens (primary N) is 1. The molecule has 1 heterocycles. The minimum Gasteiger partial charge on any atom is -0.366 e. The van der Waals surface area contributed by atoms with Crippen LogP contribution in [-0.4, -0.2) is 22.7 Å². The quantitative estimate of drug-likeness (QED) is 0.726. The van der Waals surface area contributed by atoms with E-state index in [0.29, 0.717) is 16.4 Å². The number of aryl methyl sites for hydroxylation is 1. The monoisotopic (exact) mass is 394 g/mol. The number of amidine groups is 1. The summed E-state index contributed by atoms with van der Waals surface area (Å²) in [6.07, 6.45) is 0. The van der Waals surface area contributed by atoms with Gasteiger partial charge in [0.2, 0.25) is 11.8 Å². The van der Waals surface area contributed by atoms with Gasteiger partial charge in [-0.2, -0.15) is 0 Å². The number of carbonyl (C=O) groups is 2. The second-order valence-corrected chi connectivity index (χ2v) is 7.45. The van der Waals surface area contributed by atoms with Crippen LogP contribution in [-0.2, 0) is 9.59 Å². The molecule has 0 saturated carbocycles. The van der Waals surface area contributed by atoms with Crippen LogP contribution < -0.4 is 16.4 Å². The Bertz CT molecular complexity index is 954. The van der Waals surface area contributed by atoms with Crippen LogP contribution in [0.15, 0.2) is 70.9 Å². The highest BCUT2D eigenvalue weighted by atomic mass is 32.2. The molecular weight excluding hydrogens is 372 g/mol. The SMILES string of the molecule is CC1=C(C(N)=O)[C@@H](c2ccccc2)N=C(SCC(=O)Nc2cccc(C)c2)N1. The molecule has 7 heteroatoms. The van der Waals surface area contributed by atoms with Crippen molar-refractivity contribution < 1.29 is 9.59 Å². The van der Waals surface area contributed by atoms with Crippen LogP contribution in [0.25, 0.3) is 0 Å². The van der Waals surface area contributed by atoms with Crippen LogP contribution in [0.3, 0.4) is 0 Å². The van der Waals surface area contributed by atoms with Crippen LogP contribution in [0.1, 0.15) is 24.1 Å². The van der Waals surface area contributed by atoms with Crippen LogP contribution >= 0.6 is 11.8 Å². The lowest BCUT2D eigenvalue weighted by atomic mass is 9.96. The van der Waals surface area contributed by atoms with Gasteiger partial charge >= 0.3 is 0 Å². The van der Waals surface area contributed by atoms with Gasteiger partial charge in [0.1, 0.15) is 6.04 Å². The van der Waals surface area contributed by atoms with Crippen LogP contribution in [0.4, 0.5) is 5.69 Å². The minimum absolute atomic E-state index is 0.126. The highest BCUT2D eigenvalue weighted by Gasteiger charge is 2.28. The standard InChI is InChI=1S/C21H22N4O2S/c1-13-7-6-10-16(11-13)24-17(26)12-28-21-23-14(2)18(20(22)27)19(25-21)15-8-4-3-5-9-15/h3-11,19H,12H2,1-2H3,(H2,22,27)(H,23,25)(H,24,26)/t19-/m1/s1. The summed E-state index contributed by atoms with van der Waals surface area (Å²) in [7, 11) is 0. The van der Waals surface area contributed by atoms with E-state index in [4.69, 9.17) is 5.73 Å². The number of benzene rings is 2. The fourth-order valence-electron chi connectivity index (χ4n) is 2.97.